The number of anilines is 1. The van der Waals surface area contributed by atoms with Gasteiger partial charge in [-0.1, -0.05) is 17.4 Å². The maximum absolute atomic E-state index is 5.82. The molecule has 3 aromatic rings. The molecular weight excluding hydrogens is 230 g/mol. The number of aryl methyl sites for hydroxylation is 1. The highest BCUT2D eigenvalue weighted by atomic mass is 32.1. The summed E-state index contributed by atoms with van der Waals surface area (Å²) in [5.41, 5.74) is 9.79. The van der Waals surface area contributed by atoms with E-state index >= 15 is 0 Å². The first-order chi connectivity index (χ1) is 8.24. The average Bonchev–Trinajstić information content (AvgIpc) is 2.75. The summed E-state index contributed by atoms with van der Waals surface area (Å²) in [4.78, 5) is 9.85. The molecule has 0 fully saturated rings. The summed E-state index contributed by atoms with van der Waals surface area (Å²) in [5, 5.41) is 0.975. The number of rotatable bonds is 1. The second kappa shape index (κ2) is 3.82. The van der Waals surface area contributed by atoms with E-state index < -0.39 is 0 Å². The Morgan fingerprint density at radius 2 is 2.12 bits per heavy atom. The van der Waals surface area contributed by atoms with Crippen LogP contribution in [0.15, 0.2) is 36.5 Å². The third-order valence-electron chi connectivity index (χ3n) is 2.66. The molecule has 3 rings (SSSR count). The van der Waals surface area contributed by atoms with Gasteiger partial charge in [-0.2, -0.15) is 0 Å². The van der Waals surface area contributed by atoms with Crippen LogP contribution in [0.2, 0.25) is 0 Å². The van der Waals surface area contributed by atoms with Crippen molar-refractivity contribution in [2.75, 3.05) is 5.73 Å². The molecule has 0 amide bonds. The largest absolute Gasteiger partial charge is 0.399 e. The predicted molar refractivity (Wildman–Crippen MR) is 72.0 cm³/mol. The first-order valence-electron chi connectivity index (χ1n) is 5.32. The van der Waals surface area contributed by atoms with Crippen LogP contribution in [-0.2, 0) is 0 Å². The molecule has 84 valence electrons. The summed E-state index contributed by atoms with van der Waals surface area (Å²) >= 11 is 1.60. The van der Waals surface area contributed by atoms with Crippen molar-refractivity contribution in [2.45, 2.75) is 6.92 Å². The van der Waals surface area contributed by atoms with Gasteiger partial charge in [0.15, 0.2) is 0 Å². The third kappa shape index (κ3) is 1.76. The molecule has 2 heterocycles. The minimum atomic E-state index is 0.762. The lowest BCUT2D eigenvalue weighted by Gasteiger charge is -2.02. The maximum atomic E-state index is 5.82. The molecule has 0 unspecified atom stereocenters. The van der Waals surface area contributed by atoms with Gasteiger partial charge in [0, 0.05) is 17.4 Å². The first kappa shape index (κ1) is 10.2. The predicted octanol–water partition coefficient (Wildman–Crippen LogP) is 3.25. The van der Waals surface area contributed by atoms with Crippen LogP contribution in [-0.4, -0.2) is 9.97 Å². The van der Waals surface area contributed by atoms with Crippen LogP contribution in [0.1, 0.15) is 5.56 Å². The molecule has 0 aliphatic heterocycles. The summed E-state index contributed by atoms with van der Waals surface area (Å²) < 4.78 is 0. The number of pyridine rings is 1. The van der Waals surface area contributed by atoms with Gasteiger partial charge in [-0.25, -0.2) is 9.97 Å². The van der Waals surface area contributed by atoms with Crippen molar-refractivity contribution in [1.82, 2.24) is 9.97 Å². The van der Waals surface area contributed by atoms with Crippen molar-refractivity contribution in [1.29, 1.82) is 0 Å². The van der Waals surface area contributed by atoms with Crippen LogP contribution in [0.25, 0.3) is 20.9 Å². The van der Waals surface area contributed by atoms with E-state index in [9.17, 15) is 0 Å². The van der Waals surface area contributed by atoms with E-state index in [-0.39, 0.29) is 0 Å². The molecule has 0 radical (unpaired) electrons. The van der Waals surface area contributed by atoms with Crippen molar-refractivity contribution in [3.63, 3.8) is 0 Å². The number of nitrogen functional groups attached to an aromatic ring is 1. The van der Waals surface area contributed by atoms with Gasteiger partial charge in [0.1, 0.15) is 15.4 Å². The molecule has 0 atom stereocenters. The molecule has 17 heavy (non-hydrogen) atoms. The molecule has 2 aromatic heterocycles. The molecule has 4 heteroatoms. The number of aromatic nitrogens is 2. The number of nitrogens with two attached hydrogens (primary N) is 1. The molecule has 0 aliphatic rings. The molecule has 0 aliphatic carbocycles. The smallest absolute Gasteiger partial charge is 0.143 e. The van der Waals surface area contributed by atoms with Gasteiger partial charge >= 0.3 is 0 Å². The molecule has 0 spiro atoms. The Hall–Kier alpha value is -1.94. The zero-order valence-corrected chi connectivity index (χ0v) is 10.2. The third-order valence-corrected chi connectivity index (χ3v) is 3.67. The van der Waals surface area contributed by atoms with E-state index in [0.717, 1.165) is 26.6 Å². The van der Waals surface area contributed by atoms with Crippen LogP contribution < -0.4 is 5.73 Å². The first-order valence-corrected chi connectivity index (χ1v) is 6.14. The van der Waals surface area contributed by atoms with E-state index in [4.69, 9.17) is 5.73 Å². The zero-order valence-electron chi connectivity index (χ0n) is 9.34. The van der Waals surface area contributed by atoms with Crippen molar-refractivity contribution >= 4 is 27.4 Å². The minimum absolute atomic E-state index is 0.762. The van der Waals surface area contributed by atoms with Gasteiger partial charge in [0.25, 0.3) is 0 Å². The molecule has 0 saturated carbocycles. The Morgan fingerprint density at radius 1 is 1.24 bits per heavy atom. The lowest BCUT2D eigenvalue weighted by molar-refractivity contribution is 1.39. The normalized spacial score (nSPS) is 10.9. The van der Waals surface area contributed by atoms with E-state index in [0.29, 0.717) is 0 Å². The maximum Gasteiger partial charge on any atom is 0.143 e. The highest BCUT2D eigenvalue weighted by Crippen LogP contribution is 2.31. The van der Waals surface area contributed by atoms with E-state index in [1.54, 1.807) is 17.5 Å². The van der Waals surface area contributed by atoms with E-state index in [1.165, 1.54) is 5.56 Å². The Morgan fingerprint density at radius 3 is 2.94 bits per heavy atom. The minimum Gasteiger partial charge on any atom is -0.399 e. The highest BCUT2D eigenvalue weighted by Gasteiger charge is 2.09. The number of nitrogens with zero attached hydrogens (tertiary/aromatic N) is 2. The van der Waals surface area contributed by atoms with Crippen LogP contribution in [0.5, 0.6) is 0 Å². The molecule has 0 bridgehead atoms. The summed E-state index contributed by atoms with van der Waals surface area (Å²) in [5.74, 6) is 0. The van der Waals surface area contributed by atoms with E-state index in [1.807, 2.05) is 30.3 Å². The van der Waals surface area contributed by atoms with Gasteiger partial charge in [-0.3, -0.25) is 0 Å². The summed E-state index contributed by atoms with van der Waals surface area (Å²) in [7, 11) is 0. The van der Waals surface area contributed by atoms with Crippen LogP contribution >= 0.6 is 11.3 Å². The van der Waals surface area contributed by atoms with Gasteiger partial charge in [-0.05, 0) is 36.8 Å². The Balaban J connectivity index is 2.23. The second-order valence-corrected chi connectivity index (χ2v) is 4.90. The quantitative estimate of drug-likeness (QED) is 0.665. The van der Waals surface area contributed by atoms with Gasteiger partial charge < -0.3 is 5.73 Å². The fourth-order valence-electron chi connectivity index (χ4n) is 1.76. The van der Waals surface area contributed by atoms with Crippen molar-refractivity contribution in [3.8, 4) is 10.6 Å². The Labute approximate surface area is 103 Å². The standard InChI is InChI=1S/C13H11N3S/c1-8-4-5-9(14)7-10(8)12-16-11-3-2-6-15-13(11)17-12/h2-7H,14H2,1H3. The number of benzene rings is 1. The molecule has 2 N–H and O–H groups in total. The van der Waals surface area contributed by atoms with Gasteiger partial charge in [0.05, 0.1) is 0 Å². The summed E-state index contributed by atoms with van der Waals surface area (Å²) in [6, 6.07) is 9.77. The van der Waals surface area contributed by atoms with Crippen molar-refractivity contribution in [2.24, 2.45) is 0 Å². The molecule has 0 saturated heterocycles. The molecular formula is C13H11N3S. The molecule has 3 nitrogen and oxygen atoms in total. The number of hydrogen-bond acceptors (Lipinski definition) is 4. The van der Waals surface area contributed by atoms with Gasteiger partial charge in [0.2, 0.25) is 0 Å². The number of hydrogen-bond donors (Lipinski definition) is 1. The van der Waals surface area contributed by atoms with Gasteiger partial charge in [-0.15, -0.1) is 0 Å². The second-order valence-electron chi connectivity index (χ2n) is 3.92. The number of thiazole rings is 1. The highest BCUT2D eigenvalue weighted by molar-refractivity contribution is 7.21. The van der Waals surface area contributed by atoms with Crippen LogP contribution in [0.3, 0.4) is 0 Å². The lowest BCUT2D eigenvalue weighted by Crippen LogP contribution is -1.88. The van der Waals surface area contributed by atoms with Crippen molar-refractivity contribution in [3.05, 3.63) is 42.1 Å². The summed E-state index contributed by atoms with van der Waals surface area (Å²) in [6.07, 6.45) is 1.79. The van der Waals surface area contributed by atoms with Crippen LogP contribution in [0, 0.1) is 6.92 Å². The topological polar surface area (TPSA) is 51.8 Å². The monoisotopic (exact) mass is 241 g/mol. The van der Waals surface area contributed by atoms with E-state index in [2.05, 4.69) is 16.9 Å². The Kier molecular flexibility index (Phi) is 2.30. The average molecular weight is 241 g/mol. The Bertz CT molecular complexity index is 655. The fraction of sp³-hybridized carbons (Fsp3) is 0.0769. The molecule has 1 aromatic carbocycles. The fourth-order valence-corrected chi connectivity index (χ4v) is 2.74. The lowest BCUT2D eigenvalue weighted by atomic mass is 10.1. The van der Waals surface area contributed by atoms with Crippen LogP contribution in [0.4, 0.5) is 5.69 Å². The zero-order chi connectivity index (χ0) is 11.8. The SMILES string of the molecule is Cc1ccc(N)cc1-c1nc2cccnc2s1. The van der Waals surface area contributed by atoms with Crippen molar-refractivity contribution < 1.29 is 0 Å². The summed E-state index contributed by atoms with van der Waals surface area (Å²) in [6.45, 7) is 2.06. The number of fused-ring (bicyclic) bond motifs is 1.